The zero-order chi connectivity index (χ0) is 11.4. The van der Waals surface area contributed by atoms with E-state index in [0.29, 0.717) is 12.5 Å². The maximum absolute atomic E-state index is 8.90. The molecule has 90 valence electrons. The van der Waals surface area contributed by atoms with Crippen molar-refractivity contribution in [2.24, 2.45) is 5.92 Å². The molecule has 0 aromatic carbocycles. The number of aliphatic hydroxyl groups excluding tert-OH is 1. The van der Waals surface area contributed by atoms with Crippen molar-refractivity contribution in [3.63, 3.8) is 0 Å². The standard InChI is InChI=1S/C10H18N4OS/c1-11-10-9(12-13-16-10)7-14-4-2-8(6-14)3-5-15/h8,11,15H,2-7H2,1H3. The fraction of sp³-hybridized carbons (Fsp3) is 0.800. The maximum atomic E-state index is 8.90. The Morgan fingerprint density at radius 2 is 2.50 bits per heavy atom. The summed E-state index contributed by atoms with van der Waals surface area (Å²) in [6.07, 6.45) is 2.11. The molecule has 5 nitrogen and oxygen atoms in total. The number of nitrogens with one attached hydrogen (secondary N) is 1. The quantitative estimate of drug-likeness (QED) is 0.799. The highest BCUT2D eigenvalue weighted by atomic mass is 32.1. The predicted molar refractivity (Wildman–Crippen MR) is 64.5 cm³/mol. The summed E-state index contributed by atoms with van der Waals surface area (Å²) in [6, 6.07) is 0. The Bertz CT molecular complexity index is 330. The van der Waals surface area contributed by atoms with Crippen LogP contribution in [-0.4, -0.2) is 46.3 Å². The lowest BCUT2D eigenvalue weighted by molar-refractivity contribution is 0.249. The molecule has 0 saturated carbocycles. The van der Waals surface area contributed by atoms with Crippen molar-refractivity contribution in [2.75, 3.05) is 32.1 Å². The lowest BCUT2D eigenvalue weighted by Crippen LogP contribution is -2.21. The molecule has 1 aromatic rings. The fourth-order valence-corrected chi connectivity index (χ4v) is 2.71. The number of hydrogen-bond donors (Lipinski definition) is 2. The summed E-state index contributed by atoms with van der Waals surface area (Å²) in [5.74, 6) is 0.648. The molecule has 0 bridgehead atoms. The minimum absolute atomic E-state index is 0.304. The normalized spacial score (nSPS) is 21.5. The van der Waals surface area contributed by atoms with Crippen LogP contribution in [0, 0.1) is 5.92 Å². The molecule has 0 radical (unpaired) electrons. The first kappa shape index (κ1) is 11.8. The summed E-state index contributed by atoms with van der Waals surface area (Å²) in [7, 11) is 1.90. The molecule has 1 saturated heterocycles. The molecule has 1 unspecified atom stereocenters. The van der Waals surface area contributed by atoms with Gasteiger partial charge in [-0.3, -0.25) is 4.90 Å². The second kappa shape index (κ2) is 5.56. The van der Waals surface area contributed by atoms with E-state index in [2.05, 4.69) is 19.8 Å². The first-order valence-corrected chi connectivity index (χ1v) is 6.43. The fourth-order valence-electron chi connectivity index (χ4n) is 2.19. The summed E-state index contributed by atoms with van der Waals surface area (Å²) in [5, 5.41) is 17.2. The number of likely N-dealkylation sites (tertiary alicyclic amines) is 1. The van der Waals surface area contributed by atoms with Crippen LogP contribution in [0.4, 0.5) is 5.00 Å². The zero-order valence-corrected chi connectivity index (χ0v) is 10.3. The molecule has 0 spiro atoms. The van der Waals surface area contributed by atoms with Crippen LogP contribution in [-0.2, 0) is 6.54 Å². The van der Waals surface area contributed by atoms with Crippen LogP contribution in [0.3, 0.4) is 0 Å². The summed E-state index contributed by atoms with van der Waals surface area (Å²) < 4.78 is 3.95. The van der Waals surface area contributed by atoms with E-state index in [1.54, 1.807) is 0 Å². The van der Waals surface area contributed by atoms with Crippen LogP contribution in [0.5, 0.6) is 0 Å². The molecule has 2 heterocycles. The molecule has 2 rings (SSSR count). The predicted octanol–water partition coefficient (Wildman–Crippen LogP) is 0.784. The number of aromatic nitrogens is 2. The largest absolute Gasteiger partial charge is 0.396 e. The van der Waals surface area contributed by atoms with Gasteiger partial charge in [-0.2, -0.15) is 0 Å². The molecule has 1 fully saturated rings. The van der Waals surface area contributed by atoms with Crippen LogP contribution in [0.1, 0.15) is 18.5 Å². The third-order valence-electron chi connectivity index (χ3n) is 3.06. The van der Waals surface area contributed by atoms with Gasteiger partial charge in [0.1, 0.15) is 10.7 Å². The number of anilines is 1. The van der Waals surface area contributed by atoms with E-state index in [0.717, 1.165) is 36.8 Å². The molecule has 0 amide bonds. The summed E-state index contributed by atoms with van der Waals surface area (Å²) in [6.45, 7) is 3.35. The van der Waals surface area contributed by atoms with Crippen molar-refractivity contribution < 1.29 is 5.11 Å². The van der Waals surface area contributed by atoms with Gasteiger partial charge in [0.05, 0.1) is 0 Å². The van der Waals surface area contributed by atoms with E-state index >= 15 is 0 Å². The average molecular weight is 242 g/mol. The van der Waals surface area contributed by atoms with Crippen molar-refractivity contribution in [1.82, 2.24) is 14.5 Å². The number of aliphatic hydroxyl groups is 1. The Morgan fingerprint density at radius 1 is 1.62 bits per heavy atom. The van der Waals surface area contributed by atoms with E-state index in [1.807, 2.05) is 7.05 Å². The van der Waals surface area contributed by atoms with E-state index in [9.17, 15) is 0 Å². The minimum Gasteiger partial charge on any atom is -0.396 e. The van der Waals surface area contributed by atoms with Crippen LogP contribution < -0.4 is 5.32 Å². The monoisotopic (exact) mass is 242 g/mol. The smallest absolute Gasteiger partial charge is 0.134 e. The van der Waals surface area contributed by atoms with Crippen molar-refractivity contribution >= 4 is 16.5 Å². The van der Waals surface area contributed by atoms with E-state index in [4.69, 9.17) is 5.11 Å². The number of nitrogens with zero attached hydrogens (tertiary/aromatic N) is 3. The third-order valence-corrected chi connectivity index (χ3v) is 3.85. The van der Waals surface area contributed by atoms with Gasteiger partial charge in [0, 0.05) is 38.3 Å². The first-order chi connectivity index (χ1) is 7.83. The van der Waals surface area contributed by atoms with E-state index in [-0.39, 0.29) is 0 Å². The van der Waals surface area contributed by atoms with Crippen LogP contribution in [0.15, 0.2) is 0 Å². The van der Waals surface area contributed by atoms with Gasteiger partial charge < -0.3 is 10.4 Å². The minimum atomic E-state index is 0.304. The Kier molecular flexibility index (Phi) is 4.09. The number of rotatable bonds is 5. The Labute approximate surface area is 99.6 Å². The van der Waals surface area contributed by atoms with Gasteiger partial charge >= 0.3 is 0 Å². The molecule has 1 aromatic heterocycles. The second-order valence-electron chi connectivity index (χ2n) is 4.20. The molecule has 1 atom stereocenters. The SMILES string of the molecule is CNc1snnc1CN1CCC(CCO)C1. The van der Waals surface area contributed by atoms with Crippen LogP contribution in [0.2, 0.25) is 0 Å². The van der Waals surface area contributed by atoms with Gasteiger partial charge in [-0.1, -0.05) is 4.49 Å². The van der Waals surface area contributed by atoms with Crippen molar-refractivity contribution in [1.29, 1.82) is 0 Å². The molecule has 1 aliphatic rings. The van der Waals surface area contributed by atoms with Crippen molar-refractivity contribution in [3.05, 3.63) is 5.69 Å². The lowest BCUT2D eigenvalue weighted by Gasteiger charge is -2.14. The van der Waals surface area contributed by atoms with Gasteiger partial charge in [-0.15, -0.1) is 5.10 Å². The first-order valence-electron chi connectivity index (χ1n) is 5.65. The van der Waals surface area contributed by atoms with Gasteiger partial charge in [-0.05, 0) is 25.3 Å². The molecular formula is C10H18N4OS. The highest BCUT2D eigenvalue weighted by molar-refractivity contribution is 7.10. The Balaban J connectivity index is 1.87. The van der Waals surface area contributed by atoms with Crippen LogP contribution >= 0.6 is 11.5 Å². The molecule has 2 N–H and O–H groups in total. The topological polar surface area (TPSA) is 61.3 Å². The van der Waals surface area contributed by atoms with Crippen LogP contribution in [0.25, 0.3) is 0 Å². The van der Waals surface area contributed by atoms with Gasteiger partial charge in [0.2, 0.25) is 0 Å². The summed E-state index contributed by atoms with van der Waals surface area (Å²) in [4.78, 5) is 2.39. The average Bonchev–Trinajstić information content (AvgIpc) is 2.89. The molecule has 16 heavy (non-hydrogen) atoms. The number of hydrogen-bond acceptors (Lipinski definition) is 6. The Hall–Kier alpha value is -0.720. The molecular weight excluding hydrogens is 224 g/mol. The van der Waals surface area contributed by atoms with Crippen molar-refractivity contribution in [3.8, 4) is 0 Å². The van der Waals surface area contributed by atoms with Gasteiger partial charge in [0.15, 0.2) is 0 Å². The maximum Gasteiger partial charge on any atom is 0.134 e. The lowest BCUT2D eigenvalue weighted by atomic mass is 10.1. The van der Waals surface area contributed by atoms with E-state index < -0.39 is 0 Å². The summed E-state index contributed by atoms with van der Waals surface area (Å²) in [5.41, 5.74) is 1.04. The van der Waals surface area contributed by atoms with E-state index in [1.165, 1.54) is 18.0 Å². The highest BCUT2D eigenvalue weighted by Gasteiger charge is 2.23. The third kappa shape index (κ3) is 2.69. The molecule has 1 aliphatic heterocycles. The Morgan fingerprint density at radius 3 is 3.25 bits per heavy atom. The van der Waals surface area contributed by atoms with Crippen molar-refractivity contribution in [2.45, 2.75) is 19.4 Å². The van der Waals surface area contributed by atoms with Gasteiger partial charge in [0.25, 0.3) is 0 Å². The second-order valence-corrected chi connectivity index (χ2v) is 4.95. The zero-order valence-electron chi connectivity index (χ0n) is 9.52. The molecule has 0 aliphatic carbocycles. The highest BCUT2D eigenvalue weighted by Crippen LogP contribution is 2.24. The summed E-state index contributed by atoms with van der Waals surface area (Å²) >= 11 is 1.41. The molecule has 6 heteroatoms. The van der Waals surface area contributed by atoms with Gasteiger partial charge in [-0.25, -0.2) is 0 Å².